The number of allylic oxidation sites excluding steroid dienone is 2. The molecule has 60 valence electrons. The van der Waals surface area contributed by atoms with Gasteiger partial charge in [-0.05, 0) is 13.3 Å². The van der Waals surface area contributed by atoms with E-state index in [4.69, 9.17) is 0 Å². The molecule has 3 heteroatoms. The SMILES string of the molecule is CC=C(CC)S(=O)(=O)CC. The Morgan fingerprint density at radius 3 is 2.00 bits per heavy atom. The molecule has 0 aliphatic rings. The number of sulfone groups is 1. The highest BCUT2D eigenvalue weighted by Crippen LogP contribution is 2.10. The van der Waals surface area contributed by atoms with Gasteiger partial charge < -0.3 is 0 Å². The first-order valence-corrected chi connectivity index (χ1v) is 5.11. The zero-order chi connectivity index (χ0) is 8.20. The van der Waals surface area contributed by atoms with Crippen molar-refractivity contribution < 1.29 is 8.42 Å². The maximum absolute atomic E-state index is 11.1. The number of hydrogen-bond donors (Lipinski definition) is 0. The minimum atomic E-state index is -2.90. The molecule has 0 aromatic carbocycles. The Balaban J connectivity index is 4.63. The molecule has 0 unspecified atom stereocenters. The van der Waals surface area contributed by atoms with Crippen molar-refractivity contribution in [1.29, 1.82) is 0 Å². The Morgan fingerprint density at radius 2 is 1.90 bits per heavy atom. The van der Waals surface area contributed by atoms with Crippen LogP contribution in [0.25, 0.3) is 0 Å². The predicted molar refractivity (Wildman–Crippen MR) is 43.5 cm³/mol. The molecule has 0 fully saturated rings. The number of rotatable bonds is 3. The molecule has 0 radical (unpaired) electrons. The molecule has 0 aromatic rings. The Kier molecular flexibility index (Phi) is 3.64. The van der Waals surface area contributed by atoms with Crippen LogP contribution in [0.1, 0.15) is 27.2 Å². The number of hydrogen-bond acceptors (Lipinski definition) is 2. The molecule has 0 aliphatic heterocycles. The molecule has 0 saturated heterocycles. The summed E-state index contributed by atoms with van der Waals surface area (Å²) in [7, 11) is -2.90. The van der Waals surface area contributed by atoms with Crippen LogP contribution in [0.5, 0.6) is 0 Å². The van der Waals surface area contributed by atoms with Crippen molar-refractivity contribution in [3.05, 3.63) is 11.0 Å². The summed E-state index contributed by atoms with van der Waals surface area (Å²) >= 11 is 0. The molecule has 0 aliphatic carbocycles. The first-order valence-electron chi connectivity index (χ1n) is 3.46. The molecule has 0 saturated carbocycles. The Hall–Kier alpha value is -0.310. The van der Waals surface area contributed by atoms with E-state index in [0.29, 0.717) is 11.3 Å². The molecule has 0 spiro atoms. The normalized spacial score (nSPS) is 13.7. The summed E-state index contributed by atoms with van der Waals surface area (Å²) in [5, 5.41) is 0. The Labute approximate surface area is 62.9 Å². The lowest BCUT2D eigenvalue weighted by atomic mass is 10.4. The monoisotopic (exact) mass is 162 g/mol. The fourth-order valence-corrected chi connectivity index (χ4v) is 1.96. The Bertz CT molecular complexity index is 212. The van der Waals surface area contributed by atoms with Gasteiger partial charge >= 0.3 is 0 Å². The van der Waals surface area contributed by atoms with Crippen molar-refractivity contribution in [3.8, 4) is 0 Å². The summed E-state index contributed by atoms with van der Waals surface area (Å²) in [6, 6.07) is 0. The van der Waals surface area contributed by atoms with Gasteiger partial charge in [-0.15, -0.1) is 0 Å². The van der Waals surface area contributed by atoms with E-state index in [2.05, 4.69) is 0 Å². The van der Waals surface area contributed by atoms with E-state index < -0.39 is 9.84 Å². The van der Waals surface area contributed by atoms with Crippen molar-refractivity contribution in [3.63, 3.8) is 0 Å². The van der Waals surface area contributed by atoms with Crippen LogP contribution in [-0.4, -0.2) is 14.2 Å². The third-order valence-corrected chi connectivity index (χ3v) is 3.53. The van der Waals surface area contributed by atoms with Gasteiger partial charge in [0.1, 0.15) is 0 Å². The molecule has 0 bridgehead atoms. The summed E-state index contributed by atoms with van der Waals surface area (Å²) in [6.45, 7) is 5.27. The minimum absolute atomic E-state index is 0.209. The highest BCUT2D eigenvalue weighted by Gasteiger charge is 2.10. The van der Waals surface area contributed by atoms with Crippen LogP contribution < -0.4 is 0 Å². The highest BCUT2D eigenvalue weighted by atomic mass is 32.2. The molecule has 0 atom stereocenters. The maximum atomic E-state index is 11.1. The largest absolute Gasteiger partial charge is 0.224 e. The van der Waals surface area contributed by atoms with Crippen molar-refractivity contribution in [1.82, 2.24) is 0 Å². The summed E-state index contributed by atoms with van der Waals surface area (Å²) in [6.07, 6.45) is 2.27. The van der Waals surface area contributed by atoms with Gasteiger partial charge in [-0.2, -0.15) is 0 Å². The first-order chi connectivity index (χ1) is 4.58. The van der Waals surface area contributed by atoms with E-state index >= 15 is 0 Å². The average Bonchev–Trinajstić information content (AvgIpc) is 1.90. The van der Waals surface area contributed by atoms with Crippen molar-refractivity contribution in [2.75, 3.05) is 5.75 Å². The van der Waals surface area contributed by atoms with E-state index in [1.807, 2.05) is 6.92 Å². The first kappa shape index (κ1) is 9.69. The highest BCUT2D eigenvalue weighted by molar-refractivity contribution is 7.95. The van der Waals surface area contributed by atoms with E-state index in [9.17, 15) is 8.42 Å². The van der Waals surface area contributed by atoms with Crippen LogP contribution in [0.4, 0.5) is 0 Å². The molecule has 0 rings (SSSR count). The van der Waals surface area contributed by atoms with Crippen LogP contribution in [0, 0.1) is 0 Å². The van der Waals surface area contributed by atoms with Gasteiger partial charge in [0.05, 0.1) is 5.75 Å². The van der Waals surface area contributed by atoms with Crippen LogP contribution >= 0.6 is 0 Å². The van der Waals surface area contributed by atoms with E-state index in [1.54, 1.807) is 19.9 Å². The zero-order valence-electron chi connectivity index (χ0n) is 6.72. The van der Waals surface area contributed by atoms with Gasteiger partial charge in [0.2, 0.25) is 0 Å². The zero-order valence-corrected chi connectivity index (χ0v) is 7.53. The quantitative estimate of drug-likeness (QED) is 0.633. The summed E-state index contributed by atoms with van der Waals surface area (Å²) in [5.74, 6) is 0.209. The van der Waals surface area contributed by atoms with Crippen molar-refractivity contribution in [2.24, 2.45) is 0 Å². The molecule has 10 heavy (non-hydrogen) atoms. The van der Waals surface area contributed by atoms with E-state index in [0.717, 1.165) is 0 Å². The topological polar surface area (TPSA) is 34.1 Å². The lowest BCUT2D eigenvalue weighted by molar-refractivity contribution is 0.601. The van der Waals surface area contributed by atoms with Crippen molar-refractivity contribution in [2.45, 2.75) is 27.2 Å². The standard InChI is InChI=1S/C7H14O2S/c1-4-7(5-2)10(8,9)6-3/h4H,5-6H2,1-3H3. The van der Waals surface area contributed by atoms with Crippen molar-refractivity contribution >= 4 is 9.84 Å². The van der Waals surface area contributed by atoms with Gasteiger partial charge in [-0.1, -0.05) is 19.9 Å². The van der Waals surface area contributed by atoms with Crippen LogP contribution in [0.15, 0.2) is 11.0 Å². The van der Waals surface area contributed by atoms with Gasteiger partial charge in [0, 0.05) is 4.91 Å². The summed E-state index contributed by atoms with van der Waals surface area (Å²) < 4.78 is 22.2. The summed E-state index contributed by atoms with van der Waals surface area (Å²) in [4.78, 5) is 0.551. The smallest absolute Gasteiger partial charge is 0.173 e. The van der Waals surface area contributed by atoms with Gasteiger partial charge in [0.15, 0.2) is 9.84 Å². The molecule has 0 heterocycles. The molecular weight excluding hydrogens is 148 g/mol. The van der Waals surface area contributed by atoms with Gasteiger partial charge in [-0.25, -0.2) is 8.42 Å². The van der Waals surface area contributed by atoms with Crippen LogP contribution in [0.2, 0.25) is 0 Å². The lowest BCUT2D eigenvalue weighted by Gasteiger charge is -2.01. The second kappa shape index (κ2) is 3.76. The molecule has 0 aromatic heterocycles. The fraction of sp³-hybridized carbons (Fsp3) is 0.714. The molecule has 2 nitrogen and oxygen atoms in total. The van der Waals surface area contributed by atoms with Gasteiger partial charge in [0.25, 0.3) is 0 Å². The molecular formula is C7H14O2S. The lowest BCUT2D eigenvalue weighted by Crippen LogP contribution is -2.05. The molecule has 0 amide bonds. The van der Waals surface area contributed by atoms with E-state index in [-0.39, 0.29) is 5.75 Å². The third-order valence-electron chi connectivity index (χ3n) is 1.45. The average molecular weight is 162 g/mol. The summed E-state index contributed by atoms with van der Waals surface area (Å²) in [5.41, 5.74) is 0. The maximum Gasteiger partial charge on any atom is 0.173 e. The molecule has 0 N–H and O–H groups in total. The predicted octanol–water partition coefficient (Wildman–Crippen LogP) is 1.73. The van der Waals surface area contributed by atoms with Crippen LogP contribution in [0.3, 0.4) is 0 Å². The Morgan fingerprint density at radius 1 is 1.40 bits per heavy atom. The fourth-order valence-electron chi connectivity index (χ4n) is 0.789. The van der Waals surface area contributed by atoms with Gasteiger partial charge in [-0.3, -0.25) is 0 Å². The minimum Gasteiger partial charge on any atom is -0.224 e. The second-order valence-corrected chi connectivity index (χ2v) is 4.34. The van der Waals surface area contributed by atoms with E-state index in [1.165, 1.54) is 0 Å². The second-order valence-electron chi connectivity index (χ2n) is 2.01. The van der Waals surface area contributed by atoms with Crippen LogP contribution in [-0.2, 0) is 9.84 Å². The third kappa shape index (κ3) is 2.14.